The number of primary amides is 1. The summed E-state index contributed by atoms with van der Waals surface area (Å²) in [5.41, 5.74) is 4.96. The molecule has 0 fully saturated rings. The quantitative estimate of drug-likeness (QED) is 0.219. The van der Waals surface area contributed by atoms with E-state index in [9.17, 15) is 9.59 Å². The summed E-state index contributed by atoms with van der Waals surface area (Å²) in [5, 5.41) is 0. The van der Waals surface area contributed by atoms with E-state index in [0.717, 1.165) is 12.8 Å². The van der Waals surface area contributed by atoms with E-state index in [1.165, 1.54) is 76.9 Å². The summed E-state index contributed by atoms with van der Waals surface area (Å²) in [4.78, 5) is 21.7. The van der Waals surface area contributed by atoms with Crippen molar-refractivity contribution in [3.05, 3.63) is 12.3 Å². The average molecular weight is 340 g/mol. The summed E-state index contributed by atoms with van der Waals surface area (Å²) >= 11 is 0. The molecule has 0 aliphatic heterocycles. The Morgan fingerprint density at radius 3 is 1.79 bits per heavy atom. The zero-order valence-electron chi connectivity index (χ0n) is 15.6. The molecule has 0 unspecified atom stereocenters. The Balaban J connectivity index is 3.20. The van der Waals surface area contributed by atoms with Crippen molar-refractivity contribution in [2.75, 3.05) is 0 Å². The number of ether oxygens (including phenoxy) is 1. The van der Waals surface area contributed by atoms with Crippen LogP contribution in [0.15, 0.2) is 12.3 Å². The number of unbranched alkanes of at least 4 members (excludes halogenated alkanes) is 12. The molecule has 4 nitrogen and oxygen atoms in total. The van der Waals surface area contributed by atoms with Gasteiger partial charge >= 0.3 is 5.97 Å². The van der Waals surface area contributed by atoms with E-state index in [-0.39, 0.29) is 12.8 Å². The second-order valence-corrected chi connectivity index (χ2v) is 6.51. The molecule has 0 radical (unpaired) electrons. The minimum Gasteiger partial charge on any atom is -0.435 e. The maximum atomic E-state index is 11.2. The van der Waals surface area contributed by atoms with Crippen LogP contribution in [0.5, 0.6) is 0 Å². The molecule has 0 aromatic heterocycles. The number of hydrogen-bond acceptors (Lipinski definition) is 3. The van der Waals surface area contributed by atoms with E-state index in [0.29, 0.717) is 0 Å². The maximum Gasteiger partial charge on any atom is 0.311 e. The number of amides is 1. The van der Waals surface area contributed by atoms with Gasteiger partial charge < -0.3 is 10.5 Å². The molecule has 0 heterocycles. The minimum absolute atomic E-state index is 0.0470. The number of carbonyl (C=O) groups is 2. The molecule has 0 aliphatic carbocycles. The second kappa shape index (κ2) is 18.0. The SMILES string of the molecule is CCCCCCCCCCCCCCC=COC(=O)CCC(N)=O. The molecular weight excluding hydrogens is 302 g/mol. The fourth-order valence-corrected chi connectivity index (χ4v) is 2.58. The van der Waals surface area contributed by atoms with E-state index >= 15 is 0 Å². The van der Waals surface area contributed by atoms with Crippen LogP contribution in [0.2, 0.25) is 0 Å². The van der Waals surface area contributed by atoms with Gasteiger partial charge in [-0.1, -0.05) is 77.6 Å². The fourth-order valence-electron chi connectivity index (χ4n) is 2.58. The molecule has 0 saturated carbocycles. The van der Waals surface area contributed by atoms with Crippen molar-refractivity contribution in [2.24, 2.45) is 5.73 Å². The molecule has 0 aliphatic rings. The van der Waals surface area contributed by atoms with Crippen LogP contribution >= 0.6 is 0 Å². The first kappa shape index (κ1) is 22.7. The Bertz CT molecular complexity index is 340. The van der Waals surface area contributed by atoms with Gasteiger partial charge in [0, 0.05) is 6.42 Å². The van der Waals surface area contributed by atoms with Crippen LogP contribution in [0.4, 0.5) is 0 Å². The van der Waals surface area contributed by atoms with Gasteiger partial charge in [-0.05, 0) is 18.9 Å². The lowest BCUT2D eigenvalue weighted by Crippen LogP contribution is -2.12. The fraction of sp³-hybridized carbons (Fsp3) is 0.800. The molecule has 0 saturated heterocycles. The van der Waals surface area contributed by atoms with Gasteiger partial charge in [0.2, 0.25) is 5.91 Å². The number of hydrogen-bond donors (Lipinski definition) is 1. The molecule has 24 heavy (non-hydrogen) atoms. The molecule has 0 bridgehead atoms. The summed E-state index contributed by atoms with van der Waals surface area (Å²) < 4.78 is 4.87. The van der Waals surface area contributed by atoms with Crippen LogP contribution in [0.25, 0.3) is 0 Å². The normalized spacial score (nSPS) is 11.0. The van der Waals surface area contributed by atoms with Crippen LogP contribution in [-0.2, 0) is 14.3 Å². The third-order valence-corrected chi connectivity index (χ3v) is 4.10. The van der Waals surface area contributed by atoms with Gasteiger partial charge in [0.15, 0.2) is 0 Å². The zero-order valence-corrected chi connectivity index (χ0v) is 15.6. The van der Waals surface area contributed by atoms with Crippen molar-refractivity contribution in [2.45, 2.75) is 103 Å². The van der Waals surface area contributed by atoms with Gasteiger partial charge in [-0.25, -0.2) is 0 Å². The van der Waals surface area contributed by atoms with Gasteiger partial charge in [0.05, 0.1) is 12.7 Å². The topological polar surface area (TPSA) is 69.4 Å². The first-order chi connectivity index (χ1) is 11.7. The molecule has 0 atom stereocenters. The van der Waals surface area contributed by atoms with Gasteiger partial charge in [0.25, 0.3) is 0 Å². The molecule has 0 rings (SSSR count). The van der Waals surface area contributed by atoms with Crippen LogP contribution < -0.4 is 5.73 Å². The number of allylic oxidation sites excluding steroid dienone is 1. The number of nitrogens with two attached hydrogens (primary N) is 1. The summed E-state index contributed by atoms with van der Waals surface area (Å²) in [6.07, 6.45) is 20.4. The van der Waals surface area contributed by atoms with E-state index in [1.807, 2.05) is 6.08 Å². The highest BCUT2D eigenvalue weighted by atomic mass is 16.5. The first-order valence-corrected chi connectivity index (χ1v) is 9.79. The van der Waals surface area contributed by atoms with Crippen molar-refractivity contribution >= 4 is 11.9 Å². The van der Waals surface area contributed by atoms with E-state index in [1.54, 1.807) is 0 Å². The summed E-state index contributed by atoms with van der Waals surface area (Å²) in [6.45, 7) is 2.26. The van der Waals surface area contributed by atoms with Gasteiger partial charge in [-0.2, -0.15) is 0 Å². The van der Waals surface area contributed by atoms with Crippen LogP contribution in [0.1, 0.15) is 103 Å². The van der Waals surface area contributed by atoms with Crippen molar-refractivity contribution in [1.29, 1.82) is 0 Å². The Kier molecular flexibility index (Phi) is 17.0. The van der Waals surface area contributed by atoms with Crippen molar-refractivity contribution < 1.29 is 14.3 Å². The van der Waals surface area contributed by atoms with Crippen LogP contribution in [0, 0.1) is 0 Å². The Morgan fingerprint density at radius 2 is 1.29 bits per heavy atom. The van der Waals surface area contributed by atoms with Crippen molar-refractivity contribution in [3.63, 3.8) is 0 Å². The minimum atomic E-state index is -0.479. The third kappa shape index (κ3) is 18.7. The smallest absolute Gasteiger partial charge is 0.311 e. The lowest BCUT2D eigenvalue weighted by atomic mass is 10.0. The first-order valence-electron chi connectivity index (χ1n) is 9.79. The zero-order chi connectivity index (χ0) is 17.9. The largest absolute Gasteiger partial charge is 0.435 e. The van der Waals surface area contributed by atoms with Crippen LogP contribution in [-0.4, -0.2) is 11.9 Å². The van der Waals surface area contributed by atoms with Crippen LogP contribution in [0.3, 0.4) is 0 Å². The maximum absolute atomic E-state index is 11.2. The summed E-state index contributed by atoms with van der Waals surface area (Å²) in [6, 6.07) is 0. The van der Waals surface area contributed by atoms with E-state index < -0.39 is 11.9 Å². The molecule has 0 spiro atoms. The highest BCUT2D eigenvalue weighted by Gasteiger charge is 2.03. The molecule has 1 amide bonds. The van der Waals surface area contributed by atoms with Crippen molar-refractivity contribution in [3.8, 4) is 0 Å². The number of rotatable bonds is 17. The van der Waals surface area contributed by atoms with Crippen molar-refractivity contribution in [1.82, 2.24) is 0 Å². The molecule has 140 valence electrons. The van der Waals surface area contributed by atoms with Gasteiger partial charge in [0.1, 0.15) is 0 Å². The standard InChI is InChI=1S/C20H37NO3/c1-2-3-4-5-6-7-8-9-10-11-12-13-14-15-18-24-20(23)17-16-19(21)22/h15,18H,2-14,16-17H2,1H3,(H2,21,22). The predicted molar refractivity (Wildman–Crippen MR) is 99.4 cm³/mol. The highest BCUT2D eigenvalue weighted by molar-refractivity contribution is 5.80. The molecule has 2 N–H and O–H groups in total. The summed E-state index contributed by atoms with van der Waals surface area (Å²) in [7, 11) is 0. The molecule has 4 heteroatoms. The lowest BCUT2D eigenvalue weighted by Gasteiger charge is -2.02. The van der Waals surface area contributed by atoms with Gasteiger partial charge in [-0.3, -0.25) is 9.59 Å². The second-order valence-electron chi connectivity index (χ2n) is 6.51. The highest BCUT2D eigenvalue weighted by Crippen LogP contribution is 2.12. The average Bonchev–Trinajstić information content (AvgIpc) is 2.56. The number of carbonyl (C=O) groups excluding carboxylic acids is 2. The number of esters is 1. The van der Waals surface area contributed by atoms with Gasteiger partial charge in [-0.15, -0.1) is 0 Å². The molecular formula is C20H37NO3. The summed E-state index contributed by atoms with van der Waals surface area (Å²) in [5.74, 6) is -0.882. The predicted octanol–water partition coefficient (Wildman–Crippen LogP) is 5.40. The monoisotopic (exact) mass is 339 g/mol. The Hall–Kier alpha value is -1.32. The third-order valence-electron chi connectivity index (χ3n) is 4.10. The molecule has 0 aromatic carbocycles. The van der Waals surface area contributed by atoms with E-state index in [2.05, 4.69) is 6.92 Å². The Morgan fingerprint density at radius 1 is 0.792 bits per heavy atom. The lowest BCUT2D eigenvalue weighted by molar-refractivity contribution is -0.139. The van der Waals surface area contributed by atoms with E-state index in [4.69, 9.17) is 10.5 Å². The Labute approximate surface area is 148 Å². The molecule has 0 aromatic rings.